The fraction of sp³-hybridized carbons (Fsp3) is 0.636. The van der Waals surface area contributed by atoms with Crippen molar-refractivity contribution < 1.29 is 15.3 Å². The standard InChI is InChI=1S/C11H21NO3/c1-2-11(15)12-7-5-10(6-9-14)4-3-8-13/h3-4,6,11-15H,2,5,7-9H2,1H3/b4-3-,10-6+. The Labute approximate surface area is 90.9 Å². The van der Waals surface area contributed by atoms with Crippen molar-refractivity contribution in [2.24, 2.45) is 0 Å². The fourth-order valence-electron chi connectivity index (χ4n) is 1.10. The molecule has 0 aromatic heterocycles. The smallest absolute Gasteiger partial charge is 0.104 e. The number of hydrogen-bond donors (Lipinski definition) is 4. The van der Waals surface area contributed by atoms with Gasteiger partial charge in [0.2, 0.25) is 0 Å². The first-order valence-corrected chi connectivity index (χ1v) is 5.23. The van der Waals surface area contributed by atoms with E-state index in [0.29, 0.717) is 19.4 Å². The maximum atomic E-state index is 9.24. The highest BCUT2D eigenvalue weighted by Crippen LogP contribution is 2.02. The largest absolute Gasteiger partial charge is 0.392 e. The van der Waals surface area contributed by atoms with Crippen LogP contribution in [0.15, 0.2) is 23.8 Å². The number of nitrogens with one attached hydrogen (secondary N) is 1. The van der Waals surface area contributed by atoms with Crippen LogP contribution in [-0.4, -0.2) is 41.3 Å². The third-order valence-corrected chi connectivity index (χ3v) is 1.97. The van der Waals surface area contributed by atoms with Gasteiger partial charge in [-0.25, -0.2) is 0 Å². The summed E-state index contributed by atoms with van der Waals surface area (Å²) in [5.41, 5.74) is 0.947. The molecule has 0 spiro atoms. The molecular weight excluding hydrogens is 194 g/mol. The first-order chi connectivity index (χ1) is 7.24. The molecule has 0 bridgehead atoms. The lowest BCUT2D eigenvalue weighted by Gasteiger charge is -2.10. The van der Waals surface area contributed by atoms with Gasteiger partial charge in [-0.3, -0.25) is 5.32 Å². The molecule has 0 aliphatic carbocycles. The number of aliphatic hydroxyl groups excluding tert-OH is 3. The Hall–Kier alpha value is -0.680. The maximum absolute atomic E-state index is 9.24. The van der Waals surface area contributed by atoms with Gasteiger partial charge in [0.05, 0.1) is 13.2 Å². The molecular formula is C11H21NO3. The molecule has 15 heavy (non-hydrogen) atoms. The quantitative estimate of drug-likeness (QED) is 0.344. The Morgan fingerprint density at radius 1 is 1.33 bits per heavy atom. The molecule has 0 heterocycles. The second kappa shape index (κ2) is 9.86. The highest BCUT2D eigenvalue weighted by atomic mass is 16.3. The van der Waals surface area contributed by atoms with Crippen molar-refractivity contribution in [3.05, 3.63) is 23.8 Å². The molecule has 4 N–H and O–H groups in total. The van der Waals surface area contributed by atoms with E-state index in [4.69, 9.17) is 10.2 Å². The summed E-state index contributed by atoms with van der Waals surface area (Å²) in [6, 6.07) is 0. The van der Waals surface area contributed by atoms with Crippen LogP contribution in [0.4, 0.5) is 0 Å². The zero-order chi connectivity index (χ0) is 11.5. The predicted octanol–water partition coefficient (Wildman–Crippen LogP) is 0.162. The third kappa shape index (κ3) is 8.32. The van der Waals surface area contributed by atoms with Gasteiger partial charge in [-0.1, -0.05) is 25.2 Å². The third-order valence-electron chi connectivity index (χ3n) is 1.97. The van der Waals surface area contributed by atoms with Crippen molar-refractivity contribution in [1.82, 2.24) is 5.32 Å². The predicted molar refractivity (Wildman–Crippen MR) is 60.3 cm³/mol. The van der Waals surface area contributed by atoms with Gasteiger partial charge in [-0.2, -0.15) is 0 Å². The zero-order valence-electron chi connectivity index (χ0n) is 9.19. The summed E-state index contributed by atoms with van der Waals surface area (Å²) in [5, 5.41) is 29.5. The maximum Gasteiger partial charge on any atom is 0.104 e. The molecule has 88 valence electrons. The Bertz CT molecular complexity index is 202. The van der Waals surface area contributed by atoms with Gasteiger partial charge in [0.25, 0.3) is 0 Å². The van der Waals surface area contributed by atoms with Gasteiger partial charge >= 0.3 is 0 Å². The average molecular weight is 215 g/mol. The zero-order valence-corrected chi connectivity index (χ0v) is 9.19. The highest BCUT2D eigenvalue weighted by Gasteiger charge is 1.98. The summed E-state index contributed by atoms with van der Waals surface area (Å²) < 4.78 is 0. The van der Waals surface area contributed by atoms with Crippen molar-refractivity contribution in [3.8, 4) is 0 Å². The van der Waals surface area contributed by atoms with Crippen LogP contribution in [0.25, 0.3) is 0 Å². The van der Waals surface area contributed by atoms with Crippen LogP contribution < -0.4 is 5.32 Å². The summed E-state index contributed by atoms with van der Waals surface area (Å²) in [6.07, 6.45) is 6.00. The second-order valence-corrected chi connectivity index (χ2v) is 3.17. The molecule has 0 aliphatic rings. The molecule has 1 unspecified atom stereocenters. The molecule has 0 saturated carbocycles. The van der Waals surface area contributed by atoms with Gasteiger partial charge in [-0.15, -0.1) is 0 Å². The van der Waals surface area contributed by atoms with Crippen molar-refractivity contribution in [1.29, 1.82) is 0 Å². The van der Waals surface area contributed by atoms with Crippen LogP contribution in [0.2, 0.25) is 0 Å². The van der Waals surface area contributed by atoms with E-state index < -0.39 is 6.23 Å². The van der Waals surface area contributed by atoms with Gasteiger partial charge in [0.15, 0.2) is 0 Å². The molecule has 0 saturated heterocycles. The Morgan fingerprint density at radius 3 is 2.60 bits per heavy atom. The lowest BCUT2D eigenvalue weighted by Crippen LogP contribution is -2.28. The second-order valence-electron chi connectivity index (χ2n) is 3.17. The summed E-state index contributed by atoms with van der Waals surface area (Å²) >= 11 is 0. The summed E-state index contributed by atoms with van der Waals surface area (Å²) in [4.78, 5) is 0. The van der Waals surface area contributed by atoms with Gasteiger partial charge in [0, 0.05) is 6.54 Å². The molecule has 4 heteroatoms. The number of hydrogen-bond acceptors (Lipinski definition) is 4. The monoisotopic (exact) mass is 215 g/mol. The molecule has 1 atom stereocenters. The lowest BCUT2D eigenvalue weighted by molar-refractivity contribution is 0.134. The van der Waals surface area contributed by atoms with Gasteiger partial charge in [-0.05, 0) is 18.4 Å². The summed E-state index contributed by atoms with van der Waals surface area (Å²) in [7, 11) is 0. The van der Waals surface area contributed by atoms with E-state index in [2.05, 4.69) is 5.32 Å². The van der Waals surface area contributed by atoms with E-state index >= 15 is 0 Å². The minimum atomic E-state index is -0.470. The molecule has 0 aromatic rings. The van der Waals surface area contributed by atoms with Gasteiger partial charge < -0.3 is 15.3 Å². The van der Waals surface area contributed by atoms with Crippen LogP contribution in [0, 0.1) is 0 Å². The van der Waals surface area contributed by atoms with E-state index in [1.807, 2.05) is 6.92 Å². The van der Waals surface area contributed by atoms with E-state index in [-0.39, 0.29) is 13.2 Å². The Balaban J connectivity index is 3.87. The summed E-state index contributed by atoms with van der Waals surface area (Å²) in [6.45, 7) is 2.53. The first-order valence-electron chi connectivity index (χ1n) is 5.23. The lowest BCUT2D eigenvalue weighted by atomic mass is 10.1. The Kier molecular flexibility index (Phi) is 9.41. The molecule has 0 fully saturated rings. The van der Waals surface area contributed by atoms with Crippen LogP contribution in [0.5, 0.6) is 0 Å². The molecule has 0 amide bonds. The van der Waals surface area contributed by atoms with Gasteiger partial charge in [0.1, 0.15) is 6.23 Å². The van der Waals surface area contributed by atoms with E-state index in [1.54, 1.807) is 18.2 Å². The molecule has 0 aromatic carbocycles. The normalized spacial score (nSPS) is 14.8. The average Bonchev–Trinajstić information content (AvgIpc) is 2.25. The van der Waals surface area contributed by atoms with Crippen LogP contribution in [0.1, 0.15) is 19.8 Å². The van der Waals surface area contributed by atoms with Crippen molar-refractivity contribution in [3.63, 3.8) is 0 Å². The minimum absolute atomic E-state index is 0.00617. The van der Waals surface area contributed by atoms with E-state index in [1.165, 1.54) is 0 Å². The summed E-state index contributed by atoms with van der Waals surface area (Å²) in [5.74, 6) is 0. The van der Waals surface area contributed by atoms with Crippen molar-refractivity contribution >= 4 is 0 Å². The van der Waals surface area contributed by atoms with E-state index in [9.17, 15) is 5.11 Å². The number of aliphatic hydroxyl groups is 3. The van der Waals surface area contributed by atoms with Crippen LogP contribution in [-0.2, 0) is 0 Å². The molecule has 0 aliphatic heterocycles. The number of rotatable bonds is 8. The first kappa shape index (κ1) is 14.3. The molecule has 4 nitrogen and oxygen atoms in total. The number of allylic oxidation sites excluding steroid dienone is 1. The van der Waals surface area contributed by atoms with Crippen LogP contribution >= 0.6 is 0 Å². The fourth-order valence-corrected chi connectivity index (χ4v) is 1.10. The van der Waals surface area contributed by atoms with Crippen LogP contribution in [0.3, 0.4) is 0 Å². The molecule has 0 rings (SSSR count). The minimum Gasteiger partial charge on any atom is -0.392 e. The Morgan fingerprint density at radius 2 is 2.07 bits per heavy atom. The van der Waals surface area contributed by atoms with Crippen molar-refractivity contribution in [2.45, 2.75) is 26.0 Å². The highest BCUT2D eigenvalue weighted by molar-refractivity contribution is 5.18. The topological polar surface area (TPSA) is 72.7 Å². The molecule has 0 radical (unpaired) electrons. The van der Waals surface area contributed by atoms with Crippen molar-refractivity contribution in [2.75, 3.05) is 19.8 Å². The van der Waals surface area contributed by atoms with E-state index in [0.717, 1.165) is 5.57 Å². The SMILES string of the molecule is CCC(O)NCCC(/C=C\CO)=C/CO.